The van der Waals surface area contributed by atoms with Crippen molar-refractivity contribution in [2.45, 2.75) is 30.0 Å². The van der Waals surface area contributed by atoms with Gasteiger partial charge in [-0.05, 0) is 36.1 Å². The fraction of sp³-hybridized carbons (Fsp3) is 0.296. The summed E-state index contributed by atoms with van der Waals surface area (Å²) in [4.78, 5) is 8.94. The number of hydrazine groups is 1. The molecule has 8 nitrogen and oxygen atoms in total. The summed E-state index contributed by atoms with van der Waals surface area (Å²) in [6, 6.07) is 21.7. The molecule has 3 atom stereocenters. The van der Waals surface area contributed by atoms with Crippen molar-refractivity contribution >= 4 is 6.41 Å². The van der Waals surface area contributed by atoms with Crippen LogP contribution >= 0.6 is 0 Å². The SMILES string of the molecule is COc1ccc(C23Oc4cc(OC)cc(OC)c4C2(O)CCC3c2ccccc2)cc1.NNC=O. The third-order valence-electron chi connectivity index (χ3n) is 6.87. The van der Waals surface area contributed by atoms with Crippen LogP contribution in [0.15, 0.2) is 66.7 Å². The number of carbonyl (C=O) groups excluding carboxylic acids is 1. The minimum atomic E-state index is -1.25. The molecule has 0 radical (unpaired) electrons. The molecule has 8 heteroatoms. The predicted molar refractivity (Wildman–Crippen MR) is 131 cm³/mol. The summed E-state index contributed by atoms with van der Waals surface area (Å²) in [7, 11) is 4.86. The lowest BCUT2D eigenvalue weighted by atomic mass is 9.71. The van der Waals surface area contributed by atoms with Crippen LogP contribution in [0.3, 0.4) is 0 Å². The fourth-order valence-electron chi connectivity index (χ4n) is 5.43. The van der Waals surface area contributed by atoms with Crippen LogP contribution in [0.5, 0.6) is 23.0 Å². The standard InChI is InChI=1S/C26H26O5.CH4N2O/c1-28-19-11-9-18(10-12-19)26-21(17-7-5-4-6-8-17)13-14-25(26,27)24-22(30-3)15-20(29-2)16-23(24)31-26;2-3-1-4/h4-12,15-16,21,27H,13-14H2,1-3H3;1H,2H2,(H,3,4). The molecule has 4 N–H and O–H groups in total. The van der Waals surface area contributed by atoms with E-state index in [1.54, 1.807) is 32.8 Å². The maximum absolute atomic E-state index is 12.3. The third-order valence-corrected chi connectivity index (χ3v) is 6.87. The second kappa shape index (κ2) is 9.85. The first-order valence-electron chi connectivity index (χ1n) is 11.3. The first-order chi connectivity index (χ1) is 17.0. The van der Waals surface area contributed by atoms with Crippen molar-refractivity contribution in [2.24, 2.45) is 5.84 Å². The molecule has 0 aromatic heterocycles. The summed E-state index contributed by atoms with van der Waals surface area (Å²) in [6.07, 6.45) is 1.73. The van der Waals surface area contributed by atoms with Crippen molar-refractivity contribution in [3.05, 3.63) is 83.4 Å². The molecule has 3 aromatic carbocycles. The van der Waals surface area contributed by atoms with E-state index in [-0.39, 0.29) is 5.92 Å². The molecule has 0 bridgehead atoms. The lowest BCUT2D eigenvalue weighted by Gasteiger charge is -2.40. The highest BCUT2D eigenvalue weighted by atomic mass is 16.5. The molecule has 1 saturated carbocycles. The van der Waals surface area contributed by atoms with E-state index >= 15 is 0 Å². The minimum Gasteiger partial charge on any atom is -0.497 e. The number of fused-ring (bicyclic) bond motifs is 3. The molecule has 0 saturated heterocycles. The molecule has 5 rings (SSSR count). The average molecular weight is 479 g/mol. The number of hydrogen-bond donors (Lipinski definition) is 3. The quantitative estimate of drug-likeness (QED) is 0.216. The first kappa shape index (κ1) is 24.4. The van der Waals surface area contributed by atoms with Gasteiger partial charge < -0.3 is 24.1 Å². The van der Waals surface area contributed by atoms with Gasteiger partial charge in [0, 0.05) is 18.1 Å². The van der Waals surface area contributed by atoms with Crippen LogP contribution in [0.25, 0.3) is 0 Å². The van der Waals surface area contributed by atoms with E-state index in [9.17, 15) is 5.11 Å². The Balaban J connectivity index is 0.000000672. The highest BCUT2D eigenvalue weighted by Crippen LogP contribution is 2.68. The Labute approximate surface area is 204 Å². The van der Waals surface area contributed by atoms with Crippen LogP contribution in [-0.4, -0.2) is 32.8 Å². The zero-order valence-electron chi connectivity index (χ0n) is 20.0. The zero-order chi connectivity index (χ0) is 25.1. The number of carbonyl (C=O) groups is 1. The molecule has 1 aliphatic heterocycles. The van der Waals surface area contributed by atoms with Gasteiger partial charge in [-0.15, -0.1) is 0 Å². The van der Waals surface area contributed by atoms with E-state index in [0.29, 0.717) is 35.6 Å². The highest BCUT2D eigenvalue weighted by Gasteiger charge is 2.69. The zero-order valence-corrected chi connectivity index (χ0v) is 20.0. The van der Waals surface area contributed by atoms with Crippen molar-refractivity contribution in [3.8, 4) is 23.0 Å². The number of nitrogens with two attached hydrogens (primary N) is 1. The van der Waals surface area contributed by atoms with Gasteiger partial charge in [-0.25, -0.2) is 5.84 Å². The lowest BCUT2D eigenvalue weighted by molar-refractivity contribution is -0.109. The molecule has 184 valence electrons. The summed E-state index contributed by atoms with van der Waals surface area (Å²) in [5.41, 5.74) is 2.22. The van der Waals surface area contributed by atoms with Gasteiger partial charge in [-0.1, -0.05) is 42.5 Å². The normalized spacial score (nSPS) is 23.6. The Bertz CT molecular complexity index is 1170. The average Bonchev–Trinajstić information content (AvgIpc) is 3.35. The summed E-state index contributed by atoms with van der Waals surface area (Å²) in [5, 5.41) is 12.3. The largest absolute Gasteiger partial charge is 0.497 e. The number of nitrogens with one attached hydrogen (secondary N) is 1. The maximum Gasteiger partial charge on any atom is 0.221 e. The minimum absolute atomic E-state index is 0.0461. The molecule has 2 aliphatic rings. The number of amides is 1. The van der Waals surface area contributed by atoms with Gasteiger partial charge in [-0.3, -0.25) is 10.2 Å². The molecule has 3 aromatic rings. The van der Waals surface area contributed by atoms with Gasteiger partial charge in [0.2, 0.25) is 6.41 Å². The van der Waals surface area contributed by atoms with Gasteiger partial charge in [0.05, 0.1) is 26.9 Å². The Kier molecular flexibility index (Phi) is 6.86. The molecule has 1 amide bonds. The number of hydrogen-bond acceptors (Lipinski definition) is 7. The van der Waals surface area contributed by atoms with Gasteiger partial charge in [0.15, 0.2) is 5.60 Å². The molecular formula is C27H30N2O6. The number of methoxy groups -OCH3 is 3. The molecule has 1 heterocycles. The Morgan fingerprint density at radius 3 is 2.23 bits per heavy atom. The van der Waals surface area contributed by atoms with Gasteiger partial charge in [-0.2, -0.15) is 0 Å². The topological polar surface area (TPSA) is 112 Å². The monoisotopic (exact) mass is 478 g/mol. The van der Waals surface area contributed by atoms with Crippen LogP contribution < -0.4 is 30.2 Å². The van der Waals surface area contributed by atoms with E-state index < -0.39 is 11.2 Å². The van der Waals surface area contributed by atoms with Crippen molar-refractivity contribution < 1.29 is 28.8 Å². The van der Waals surface area contributed by atoms with Crippen molar-refractivity contribution in [3.63, 3.8) is 0 Å². The molecule has 1 fully saturated rings. The van der Waals surface area contributed by atoms with E-state index in [0.717, 1.165) is 23.3 Å². The maximum atomic E-state index is 12.3. The molecule has 3 unspecified atom stereocenters. The van der Waals surface area contributed by atoms with E-state index in [2.05, 4.69) is 18.0 Å². The van der Waals surface area contributed by atoms with Gasteiger partial charge in [0.25, 0.3) is 0 Å². The molecular weight excluding hydrogens is 448 g/mol. The van der Waals surface area contributed by atoms with Crippen molar-refractivity contribution in [2.75, 3.05) is 21.3 Å². The predicted octanol–water partition coefficient (Wildman–Crippen LogP) is 3.37. The van der Waals surface area contributed by atoms with E-state index in [1.807, 2.05) is 48.5 Å². The molecule has 35 heavy (non-hydrogen) atoms. The summed E-state index contributed by atoms with van der Waals surface area (Å²) >= 11 is 0. The smallest absolute Gasteiger partial charge is 0.221 e. The van der Waals surface area contributed by atoms with Gasteiger partial charge >= 0.3 is 0 Å². The van der Waals surface area contributed by atoms with Crippen molar-refractivity contribution in [1.82, 2.24) is 5.43 Å². The van der Waals surface area contributed by atoms with Crippen LogP contribution in [0.4, 0.5) is 0 Å². The van der Waals surface area contributed by atoms with Crippen molar-refractivity contribution in [1.29, 1.82) is 0 Å². The molecule has 1 aliphatic carbocycles. The summed E-state index contributed by atoms with van der Waals surface area (Å²) in [5.74, 6) is 6.91. The van der Waals surface area contributed by atoms with E-state index in [4.69, 9.17) is 23.7 Å². The third kappa shape index (κ3) is 3.84. The van der Waals surface area contributed by atoms with Crippen LogP contribution in [0, 0.1) is 0 Å². The Hall–Kier alpha value is -3.75. The number of aliphatic hydroxyl groups is 1. The number of rotatable bonds is 6. The lowest BCUT2D eigenvalue weighted by Crippen LogP contribution is -2.48. The highest BCUT2D eigenvalue weighted by molar-refractivity contribution is 5.61. The Morgan fingerprint density at radius 2 is 1.66 bits per heavy atom. The van der Waals surface area contributed by atoms with Crippen LogP contribution in [0.2, 0.25) is 0 Å². The first-order valence-corrected chi connectivity index (χ1v) is 11.3. The second-order valence-electron chi connectivity index (χ2n) is 8.42. The molecule has 0 spiro atoms. The number of benzene rings is 3. The van der Waals surface area contributed by atoms with Crippen LogP contribution in [0.1, 0.15) is 35.4 Å². The van der Waals surface area contributed by atoms with Gasteiger partial charge in [0.1, 0.15) is 28.6 Å². The second-order valence-corrected chi connectivity index (χ2v) is 8.42. The number of ether oxygens (including phenoxy) is 4. The van der Waals surface area contributed by atoms with E-state index in [1.165, 1.54) is 0 Å². The summed E-state index contributed by atoms with van der Waals surface area (Å²) in [6.45, 7) is 0. The van der Waals surface area contributed by atoms with Crippen LogP contribution in [-0.2, 0) is 16.0 Å². The fourth-order valence-corrected chi connectivity index (χ4v) is 5.43. The Morgan fingerprint density at radius 1 is 1.00 bits per heavy atom. The summed E-state index contributed by atoms with van der Waals surface area (Å²) < 4.78 is 23.3.